The molecular formula is C16H20ClNO2. The van der Waals surface area contributed by atoms with Crippen molar-refractivity contribution in [1.82, 2.24) is 4.90 Å². The van der Waals surface area contributed by atoms with Gasteiger partial charge in [-0.3, -0.25) is 4.79 Å². The molecule has 0 aromatic heterocycles. The fraction of sp³-hybridized carbons (Fsp3) is 0.562. The van der Waals surface area contributed by atoms with Crippen LogP contribution < -0.4 is 0 Å². The molecule has 1 saturated heterocycles. The van der Waals surface area contributed by atoms with Crippen molar-refractivity contribution < 1.29 is 9.53 Å². The molecule has 2 atom stereocenters. The Morgan fingerprint density at radius 3 is 2.70 bits per heavy atom. The predicted molar refractivity (Wildman–Crippen MR) is 78.7 cm³/mol. The highest BCUT2D eigenvalue weighted by atomic mass is 35.5. The summed E-state index contributed by atoms with van der Waals surface area (Å²) in [6, 6.07) is 8.22. The average molecular weight is 294 g/mol. The van der Waals surface area contributed by atoms with Gasteiger partial charge in [-0.15, -0.1) is 0 Å². The molecule has 1 aliphatic heterocycles. The van der Waals surface area contributed by atoms with Gasteiger partial charge in [-0.25, -0.2) is 0 Å². The van der Waals surface area contributed by atoms with Crippen molar-refractivity contribution in [2.24, 2.45) is 5.92 Å². The van der Waals surface area contributed by atoms with Gasteiger partial charge < -0.3 is 9.64 Å². The molecule has 1 amide bonds. The van der Waals surface area contributed by atoms with Gasteiger partial charge in [-0.2, -0.15) is 0 Å². The zero-order valence-corrected chi connectivity index (χ0v) is 12.5. The molecule has 0 spiro atoms. The summed E-state index contributed by atoms with van der Waals surface area (Å²) in [6.07, 6.45) is 3.06. The Morgan fingerprint density at radius 1 is 1.35 bits per heavy atom. The van der Waals surface area contributed by atoms with Crippen molar-refractivity contribution in [2.45, 2.75) is 38.3 Å². The number of halogens is 1. The van der Waals surface area contributed by atoms with E-state index in [2.05, 4.69) is 6.92 Å². The molecule has 2 unspecified atom stereocenters. The fourth-order valence-electron chi connectivity index (χ4n) is 2.94. The number of hydrogen-bond donors (Lipinski definition) is 0. The molecule has 3 rings (SSSR count). The molecule has 0 N–H and O–H groups in total. The predicted octanol–water partition coefficient (Wildman–Crippen LogP) is 3.43. The van der Waals surface area contributed by atoms with Crippen molar-refractivity contribution in [3.8, 4) is 0 Å². The summed E-state index contributed by atoms with van der Waals surface area (Å²) >= 11 is 6.29. The van der Waals surface area contributed by atoms with E-state index < -0.39 is 0 Å². The van der Waals surface area contributed by atoms with Crippen molar-refractivity contribution >= 4 is 17.5 Å². The van der Waals surface area contributed by atoms with Crippen molar-refractivity contribution in [2.75, 3.05) is 13.2 Å². The average Bonchev–Trinajstić information content (AvgIpc) is 3.12. The van der Waals surface area contributed by atoms with Gasteiger partial charge in [-0.1, -0.05) is 29.8 Å². The van der Waals surface area contributed by atoms with Crippen LogP contribution in [0.1, 0.15) is 37.8 Å². The van der Waals surface area contributed by atoms with Crippen LogP contribution in [0.3, 0.4) is 0 Å². The maximum Gasteiger partial charge on any atom is 0.228 e. The number of carbonyl (C=O) groups is 1. The minimum atomic E-state index is 0.0283. The summed E-state index contributed by atoms with van der Waals surface area (Å²) in [5.41, 5.74) is 1.04. The zero-order chi connectivity index (χ0) is 14.1. The molecule has 2 fully saturated rings. The minimum Gasteiger partial charge on any atom is -0.381 e. The van der Waals surface area contributed by atoms with Crippen LogP contribution in [0, 0.1) is 5.92 Å². The number of amides is 1. The second-order valence-electron chi connectivity index (χ2n) is 5.73. The molecule has 1 aliphatic carbocycles. The maximum absolute atomic E-state index is 12.8. The molecule has 0 radical (unpaired) electrons. The summed E-state index contributed by atoms with van der Waals surface area (Å²) in [7, 11) is 0. The van der Waals surface area contributed by atoms with Crippen LogP contribution in [0.5, 0.6) is 0 Å². The van der Waals surface area contributed by atoms with Gasteiger partial charge in [-0.05, 0) is 37.8 Å². The Balaban J connectivity index is 1.83. The molecule has 1 aromatic carbocycles. The molecular weight excluding hydrogens is 274 g/mol. The van der Waals surface area contributed by atoms with Crippen LogP contribution in [0.15, 0.2) is 24.3 Å². The lowest BCUT2D eigenvalue weighted by molar-refractivity contribution is -0.138. The van der Waals surface area contributed by atoms with Crippen LogP contribution in [0.4, 0.5) is 0 Å². The summed E-state index contributed by atoms with van der Waals surface area (Å²) in [6.45, 7) is 3.35. The Kier molecular flexibility index (Phi) is 3.99. The quantitative estimate of drug-likeness (QED) is 0.851. The number of carbonyl (C=O) groups excluding carboxylic acids is 1. The second kappa shape index (κ2) is 5.74. The lowest BCUT2D eigenvalue weighted by atomic mass is 10.0. The molecule has 20 heavy (non-hydrogen) atoms. The van der Waals surface area contributed by atoms with Crippen LogP contribution in [0.25, 0.3) is 0 Å². The third-order valence-corrected chi connectivity index (χ3v) is 4.59. The maximum atomic E-state index is 12.8. The van der Waals surface area contributed by atoms with Gasteiger partial charge in [0.1, 0.15) is 0 Å². The first-order valence-corrected chi connectivity index (χ1v) is 7.70. The molecule has 108 valence electrons. The van der Waals surface area contributed by atoms with E-state index in [-0.39, 0.29) is 17.9 Å². The Morgan fingerprint density at radius 2 is 2.10 bits per heavy atom. The third kappa shape index (κ3) is 2.70. The molecule has 3 nitrogen and oxygen atoms in total. The standard InChI is InChI=1S/C16H20ClNO2/c1-11(14-4-2-3-5-15(14)17)18(13-6-7-13)16(19)12-8-9-20-10-12/h2-5,11-13H,6-10H2,1H3. The first-order chi connectivity index (χ1) is 9.68. The van der Waals surface area contributed by atoms with Gasteiger partial charge in [0.2, 0.25) is 5.91 Å². The van der Waals surface area contributed by atoms with E-state index in [1.165, 1.54) is 0 Å². The lowest BCUT2D eigenvalue weighted by Crippen LogP contribution is -2.40. The van der Waals surface area contributed by atoms with Gasteiger partial charge in [0.15, 0.2) is 0 Å². The Bertz CT molecular complexity index is 495. The van der Waals surface area contributed by atoms with Crippen LogP contribution in [0.2, 0.25) is 5.02 Å². The Hall–Kier alpha value is -1.06. The van der Waals surface area contributed by atoms with E-state index in [1.54, 1.807) is 0 Å². The zero-order valence-electron chi connectivity index (χ0n) is 11.7. The number of nitrogens with zero attached hydrogens (tertiary/aromatic N) is 1. The highest BCUT2D eigenvalue weighted by Gasteiger charge is 2.40. The largest absolute Gasteiger partial charge is 0.381 e. The van der Waals surface area contributed by atoms with E-state index in [9.17, 15) is 4.79 Å². The number of rotatable bonds is 4. The topological polar surface area (TPSA) is 29.5 Å². The van der Waals surface area contributed by atoms with Crippen molar-refractivity contribution in [3.63, 3.8) is 0 Å². The van der Waals surface area contributed by atoms with E-state index in [1.807, 2.05) is 29.2 Å². The normalized spacial score (nSPS) is 23.6. The summed E-state index contributed by atoms with van der Waals surface area (Å²) in [5.74, 6) is 0.262. The van der Waals surface area contributed by atoms with Gasteiger partial charge in [0.05, 0.1) is 18.6 Å². The van der Waals surface area contributed by atoms with Gasteiger partial charge in [0.25, 0.3) is 0 Å². The fourth-order valence-corrected chi connectivity index (χ4v) is 3.24. The molecule has 4 heteroatoms. The van der Waals surface area contributed by atoms with E-state index >= 15 is 0 Å². The molecule has 2 aliphatic rings. The van der Waals surface area contributed by atoms with E-state index in [0.29, 0.717) is 19.3 Å². The van der Waals surface area contributed by atoms with Crippen LogP contribution in [-0.4, -0.2) is 30.1 Å². The number of benzene rings is 1. The summed E-state index contributed by atoms with van der Waals surface area (Å²) in [5, 5.41) is 0.737. The Labute approximate surface area is 124 Å². The van der Waals surface area contributed by atoms with Crippen molar-refractivity contribution in [1.29, 1.82) is 0 Å². The van der Waals surface area contributed by atoms with Crippen LogP contribution >= 0.6 is 11.6 Å². The monoisotopic (exact) mass is 293 g/mol. The molecule has 1 aromatic rings. The minimum absolute atomic E-state index is 0.0283. The third-order valence-electron chi connectivity index (χ3n) is 4.25. The summed E-state index contributed by atoms with van der Waals surface area (Å²) < 4.78 is 5.36. The first-order valence-electron chi connectivity index (χ1n) is 7.33. The smallest absolute Gasteiger partial charge is 0.228 e. The molecule has 1 heterocycles. The summed E-state index contributed by atoms with van der Waals surface area (Å²) in [4.78, 5) is 14.8. The molecule has 1 saturated carbocycles. The van der Waals surface area contributed by atoms with Gasteiger partial charge in [0, 0.05) is 17.7 Å². The lowest BCUT2D eigenvalue weighted by Gasteiger charge is -2.32. The number of hydrogen-bond acceptors (Lipinski definition) is 2. The van der Waals surface area contributed by atoms with Crippen LogP contribution in [-0.2, 0) is 9.53 Å². The molecule has 0 bridgehead atoms. The van der Waals surface area contributed by atoms with Crippen molar-refractivity contribution in [3.05, 3.63) is 34.9 Å². The second-order valence-corrected chi connectivity index (χ2v) is 6.14. The highest BCUT2D eigenvalue weighted by molar-refractivity contribution is 6.31. The highest BCUT2D eigenvalue weighted by Crippen LogP contribution is 2.38. The number of ether oxygens (including phenoxy) is 1. The van der Waals surface area contributed by atoms with E-state index in [0.717, 1.165) is 29.8 Å². The van der Waals surface area contributed by atoms with E-state index in [4.69, 9.17) is 16.3 Å². The van der Waals surface area contributed by atoms with Gasteiger partial charge >= 0.3 is 0 Å². The first kappa shape index (κ1) is 13.9. The SMILES string of the molecule is CC(c1ccccc1Cl)N(C(=O)C1CCOC1)C1CC1.